The van der Waals surface area contributed by atoms with E-state index in [1.165, 1.54) is 0 Å². The highest BCUT2D eigenvalue weighted by Crippen LogP contribution is 2.21. The molecule has 0 unspecified atom stereocenters. The maximum absolute atomic E-state index is 11.4. The van der Waals surface area contributed by atoms with Gasteiger partial charge < -0.3 is 10.6 Å². The van der Waals surface area contributed by atoms with Gasteiger partial charge in [0.2, 0.25) is 5.95 Å². The molecule has 2 N–H and O–H groups in total. The summed E-state index contributed by atoms with van der Waals surface area (Å²) in [5.74, 6) is 1.04. The molecular formula is C21H22N6O2S. The lowest BCUT2D eigenvalue weighted by molar-refractivity contribution is 0.614. The summed E-state index contributed by atoms with van der Waals surface area (Å²) in [5, 5.41) is 12.0. The molecule has 154 valence electrons. The average Bonchev–Trinajstić information content (AvgIpc) is 3.01. The van der Waals surface area contributed by atoms with E-state index in [4.69, 9.17) is 0 Å². The van der Waals surface area contributed by atoms with Crippen LogP contribution in [-0.2, 0) is 24.3 Å². The van der Waals surface area contributed by atoms with E-state index in [0.717, 1.165) is 22.2 Å². The van der Waals surface area contributed by atoms with Gasteiger partial charge in [0.25, 0.3) is 0 Å². The number of nitrogens with zero attached hydrogens (tertiary/aromatic N) is 4. The first-order chi connectivity index (χ1) is 14.4. The average molecular weight is 423 g/mol. The zero-order chi connectivity index (χ0) is 21.3. The van der Waals surface area contributed by atoms with Crippen molar-refractivity contribution >= 4 is 39.1 Å². The Morgan fingerprint density at radius 3 is 2.70 bits per heavy atom. The van der Waals surface area contributed by atoms with Gasteiger partial charge in [-0.15, -0.1) is 0 Å². The summed E-state index contributed by atoms with van der Waals surface area (Å²) in [4.78, 5) is 8.95. The Balaban J connectivity index is 1.48. The van der Waals surface area contributed by atoms with E-state index in [-0.39, 0.29) is 4.90 Å². The maximum Gasteiger partial charge on any atom is 0.229 e. The molecule has 0 amide bonds. The van der Waals surface area contributed by atoms with E-state index < -0.39 is 10.7 Å². The zero-order valence-corrected chi connectivity index (χ0v) is 17.8. The standard InChI is InChI=1S/C21H22N6O2S/c1-13-4-6-16(11-19(13)30(28)29)24-21-22-9-8-20(25-21)23-12-15-5-7-17-14(2)27(3)26-18(17)10-15/h4-11,30H,12H2,1-3H3,(H2,22,23,24,25). The van der Waals surface area contributed by atoms with Crippen LogP contribution >= 0.6 is 0 Å². The molecule has 2 heterocycles. The zero-order valence-electron chi connectivity index (χ0n) is 16.9. The second-order valence-electron chi connectivity index (χ2n) is 7.06. The van der Waals surface area contributed by atoms with Crippen molar-refractivity contribution in [2.45, 2.75) is 25.3 Å². The number of hydrogen-bond donors (Lipinski definition) is 3. The van der Waals surface area contributed by atoms with E-state index in [2.05, 4.69) is 50.8 Å². The SMILES string of the molecule is Cc1ccc(Nc2nccc(NCc3ccc4c(C)n(C)nc4c3)n2)cc1[SH](=O)=O. The van der Waals surface area contributed by atoms with Crippen LogP contribution in [0.3, 0.4) is 0 Å². The van der Waals surface area contributed by atoms with Crippen molar-refractivity contribution in [3.05, 3.63) is 65.5 Å². The number of aromatic nitrogens is 4. The second kappa shape index (κ2) is 8.11. The van der Waals surface area contributed by atoms with Crippen molar-refractivity contribution < 1.29 is 8.42 Å². The number of fused-ring (bicyclic) bond motifs is 1. The predicted octanol–water partition coefficient (Wildman–Crippen LogP) is 3.31. The highest BCUT2D eigenvalue weighted by atomic mass is 32.2. The Bertz CT molecular complexity index is 1300. The highest BCUT2D eigenvalue weighted by Gasteiger charge is 2.07. The molecule has 2 aromatic heterocycles. The van der Waals surface area contributed by atoms with Gasteiger partial charge in [0.15, 0.2) is 10.7 Å². The van der Waals surface area contributed by atoms with E-state index in [0.29, 0.717) is 29.6 Å². The van der Waals surface area contributed by atoms with Crippen molar-refractivity contribution in [2.24, 2.45) is 7.05 Å². The van der Waals surface area contributed by atoms with Gasteiger partial charge in [0, 0.05) is 36.6 Å². The van der Waals surface area contributed by atoms with Gasteiger partial charge >= 0.3 is 0 Å². The lowest BCUT2D eigenvalue weighted by Gasteiger charge is -2.09. The molecule has 9 heteroatoms. The molecule has 0 saturated carbocycles. The summed E-state index contributed by atoms with van der Waals surface area (Å²) >= 11 is 0. The van der Waals surface area contributed by atoms with Crippen LogP contribution in [0.5, 0.6) is 0 Å². The molecule has 2 aromatic carbocycles. The summed E-state index contributed by atoms with van der Waals surface area (Å²) < 4.78 is 24.6. The van der Waals surface area contributed by atoms with E-state index in [1.807, 2.05) is 11.7 Å². The summed E-state index contributed by atoms with van der Waals surface area (Å²) in [6, 6.07) is 13.1. The van der Waals surface area contributed by atoms with Crippen molar-refractivity contribution in [1.82, 2.24) is 19.7 Å². The molecule has 0 radical (unpaired) electrons. The summed E-state index contributed by atoms with van der Waals surface area (Å²) in [6.45, 7) is 4.40. The molecule has 4 rings (SSSR count). The Morgan fingerprint density at radius 1 is 1.07 bits per heavy atom. The van der Waals surface area contributed by atoms with Crippen LogP contribution in [0.2, 0.25) is 0 Å². The first-order valence-electron chi connectivity index (χ1n) is 9.42. The fraction of sp³-hybridized carbons (Fsp3) is 0.190. The number of rotatable bonds is 6. The Kier molecular flexibility index (Phi) is 5.37. The van der Waals surface area contributed by atoms with Crippen LogP contribution in [0.25, 0.3) is 10.9 Å². The minimum absolute atomic E-state index is 0.282. The molecule has 0 spiro atoms. The lowest BCUT2D eigenvalue weighted by Crippen LogP contribution is -2.04. The third-order valence-electron chi connectivity index (χ3n) is 4.99. The molecule has 0 aliphatic heterocycles. The number of nitrogens with one attached hydrogen (secondary N) is 2. The summed E-state index contributed by atoms with van der Waals surface area (Å²) in [6.07, 6.45) is 1.64. The molecule has 0 atom stereocenters. The van der Waals surface area contributed by atoms with E-state index >= 15 is 0 Å². The molecule has 0 fully saturated rings. The van der Waals surface area contributed by atoms with Crippen molar-refractivity contribution in [2.75, 3.05) is 10.6 Å². The van der Waals surface area contributed by atoms with Crippen LogP contribution in [-0.4, -0.2) is 28.2 Å². The lowest BCUT2D eigenvalue weighted by atomic mass is 10.1. The van der Waals surface area contributed by atoms with Gasteiger partial charge in [-0.1, -0.05) is 18.2 Å². The van der Waals surface area contributed by atoms with Crippen LogP contribution in [0, 0.1) is 13.8 Å². The van der Waals surface area contributed by atoms with Crippen molar-refractivity contribution in [1.29, 1.82) is 0 Å². The number of hydrogen-bond acceptors (Lipinski definition) is 7. The normalized spacial score (nSPS) is 11.2. The number of thiol groups is 1. The van der Waals surface area contributed by atoms with E-state index in [1.54, 1.807) is 37.4 Å². The van der Waals surface area contributed by atoms with Crippen molar-refractivity contribution in [3.63, 3.8) is 0 Å². The maximum atomic E-state index is 11.4. The van der Waals surface area contributed by atoms with Gasteiger partial charge in [0.05, 0.1) is 10.4 Å². The van der Waals surface area contributed by atoms with Crippen LogP contribution < -0.4 is 10.6 Å². The molecule has 0 bridgehead atoms. The monoisotopic (exact) mass is 422 g/mol. The Hall–Kier alpha value is -3.46. The van der Waals surface area contributed by atoms with Gasteiger partial charge in [-0.2, -0.15) is 10.1 Å². The quantitative estimate of drug-likeness (QED) is 0.410. The molecule has 30 heavy (non-hydrogen) atoms. The first kappa shape index (κ1) is 19.8. The topological polar surface area (TPSA) is 102 Å². The fourth-order valence-corrected chi connectivity index (χ4v) is 3.82. The van der Waals surface area contributed by atoms with Gasteiger partial charge in [0.1, 0.15) is 5.82 Å². The smallest absolute Gasteiger partial charge is 0.229 e. The fourth-order valence-electron chi connectivity index (χ4n) is 3.21. The first-order valence-corrected chi connectivity index (χ1v) is 10.6. The molecular weight excluding hydrogens is 400 g/mol. The van der Waals surface area contributed by atoms with Crippen molar-refractivity contribution in [3.8, 4) is 0 Å². The summed E-state index contributed by atoms with van der Waals surface area (Å²) in [7, 11) is -0.719. The van der Waals surface area contributed by atoms with Crippen LogP contribution in [0.1, 0.15) is 16.8 Å². The molecule has 8 nitrogen and oxygen atoms in total. The highest BCUT2D eigenvalue weighted by molar-refractivity contribution is 7.72. The molecule has 4 aromatic rings. The molecule has 0 aliphatic carbocycles. The Labute approximate surface area is 175 Å². The number of benzene rings is 2. The minimum atomic E-state index is -2.66. The number of aryl methyl sites for hydroxylation is 3. The Morgan fingerprint density at radius 2 is 1.90 bits per heavy atom. The second-order valence-corrected chi connectivity index (χ2v) is 8.06. The number of anilines is 3. The third-order valence-corrected chi connectivity index (χ3v) is 5.86. The largest absolute Gasteiger partial charge is 0.366 e. The molecule has 0 saturated heterocycles. The van der Waals surface area contributed by atoms with Crippen LogP contribution in [0.4, 0.5) is 17.5 Å². The summed E-state index contributed by atoms with van der Waals surface area (Å²) in [5.41, 5.74) is 4.51. The predicted molar refractivity (Wildman–Crippen MR) is 118 cm³/mol. The van der Waals surface area contributed by atoms with E-state index in [9.17, 15) is 8.42 Å². The van der Waals surface area contributed by atoms with Gasteiger partial charge in [-0.25, -0.2) is 13.4 Å². The van der Waals surface area contributed by atoms with Gasteiger partial charge in [-0.05, 0) is 49.2 Å². The molecule has 0 aliphatic rings. The third kappa shape index (κ3) is 4.11. The van der Waals surface area contributed by atoms with Crippen LogP contribution in [0.15, 0.2) is 53.6 Å². The van der Waals surface area contributed by atoms with Gasteiger partial charge in [-0.3, -0.25) is 4.68 Å². The minimum Gasteiger partial charge on any atom is -0.366 e.